The van der Waals surface area contributed by atoms with Crippen LogP contribution in [-0.2, 0) is 4.84 Å². The minimum atomic E-state index is -0.0800. The average Bonchev–Trinajstić information content (AvgIpc) is 2.50. The molecule has 0 atom stereocenters. The first kappa shape index (κ1) is 8.01. The summed E-state index contributed by atoms with van der Waals surface area (Å²) >= 11 is 0. The van der Waals surface area contributed by atoms with Gasteiger partial charge in [0.15, 0.2) is 0 Å². The van der Waals surface area contributed by atoms with E-state index in [9.17, 15) is 0 Å². The van der Waals surface area contributed by atoms with Gasteiger partial charge in [-0.2, -0.15) is 0 Å². The summed E-state index contributed by atoms with van der Waals surface area (Å²) in [7, 11) is 0. The predicted octanol–water partition coefficient (Wildman–Crippen LogP) is -0.123. The normalized spacial score (nSPS) is 26.9. The molecule has 0 unspecified atom stereocenters. The van der Waals surface area contributed by atoms with Crippen LogP contribution in [0.1, 0.15) is 19.3 Å². The van der Waals surface area contributed by atoms with E-state index in [1.54, 1.807) is 0 Å². The molecule has 2 aliphatic heterocycles. The number of rotatable bonds is 1. The smallest absolute Gasteiger partial charge is 0.145 e. The maximum atomic E-state index is 8.85. The van der Waals surface area contributed by atoms with Gasteiger partial charge in [-0.3, -0.25) is 0 Å². The van der Waals surface area contributed by atoms with Gasteiger partial charge in [-0.25, -0.2) is 0 Å². The second-order valence-electron chi connectivity index (χ2n) is 3.52. The zero-order chi connectivity index (χ0) is 8.44. The van der Waals surface area contributed by atoms with Crippen LogP contribution in [0.3, 0.4) is 0 Å². The van der Waals surface area contributed by atoms with Gasteiger partial charge >= 0.3 is 0 Å². The van der Waals surface area contributed by atoms with E-state index >= 15 is 0 Å². The molecule has 1 fully saturated rings. The van der Waals surface area contributed by atoms with Crippen LogP contribution < -0.4 is 5.32 Å². The van der Waals surface area contributed by atoms with Crippen LogP contribution in [0.2, 0.25) is 0 Å². The molecule has 1 saturated heterocycles. The number of hydrogen-bond donors (Lipinski definition) is 2. The summed E-state index contributed by atoms with van der Waals surface area (Å²) in [5.41, 5.74) is 0.709. The highest BCUT2D eigenvalue weighted by molar-refractivity contribution is 5.87. The molecule has 0 bridgehead atoms. The van der Waals surface area contributed by atoms with E-state index in [4.69, 9.17) is 9.94 Å². The maximum absolute atomic E-state index is 8.85. The Kier molecular flexibility index (Phi) is 2.02. The van der Waals surface area contributed by atoms with Gasteiger partial charge < -0.3 is 15.3 Å². The van der Waals surface area contributed by atoms with Crippen molar-refractivity contribution in [2.24, 2.45) is 5.16 Å². The van der Waals surface area contributed by atoms with Crippen LogP contribution in [-0.4, -0.2) is 36.1 Å². The Morgan fingerprint density at radius 2 is 2.25 bits per heavy atom. The molecular formula is C8H14N2O2. The van der Waals surface area contributed by atoms with Crippen molar-refractivity contribution in [3.05, 3.63) is 0 Å². The van der Waals surface area contributed by atoms with E-state index in [-0.39, 0.29) is 12.2 Å². The topological polar surface area (TPSA) is 53.9 Å². The molecule has 0 saturated carbocycles. The van der Waals surface area contributed by atoms with Crippen molar-refractivity contribution in [1.82, 2.24) is 5.32 Å². The number of hydrogen-bond acceptors (Lipinski definition) is 4. The van der Waals surface area contributed by atoms with E-state index in [1.165, 1.54) is 0 Å². The molecule has 0 radical (unpaired) electrons. The van der Waals surface area contributed by atoms with Crippen molar-refractivity contribution in [3.63, 3.8) is 0 Å². The summed E-state index contributed by atoms with van der Waals surface area (Å²) in [6.45, 7) is 2.03. The van der Waals surface area contributed by atoms with Crippen molar-refractivity contribution < 1.29 is 9.94 Å². The van der Waals surface area contributed by atoms with Crippen molar-refractivity contribution in [1.29, 1.82) is 0 Å². The fraction of sp³-hybridized carbons (Fsp3) is 0.875. The zero-order valence-electron chi connectivity index (χ0n) is 7.05. The van der Waals surface area contributed by atoms with Crippen LogP contribution in [0.25, 0.3) is 0 Å². The first-order valence-corrected chi connectivity index (χ1v) is 4.40. The average molecular weight is 170 g/mol. The second kappa shape index (κ2) is 3.03. The third-order valence-electron chi connectivity index (χ3n) is 2.59. The van der Waals surface area contributed by atoms with E-state index in [0.29, 0.717) is 0 Å². The van der Waals surface area contributed by atoms with E-state index < -0.39 is 0 Å². The van der Waals surface area contributed by atoms with Crippen LogP contribution in [0.15, 0.2) is 5.16 Å². The van der Waals surface area contributed by atoms with E-state index in [0.717, 1.165) is 38.1 Å². The molecule has 2 N–H and O–H groups in total. The van der Waals surface area contributed by atoms with Crippen LogP contribution in [0, 0.1) is 0 Å². The third-order valence-corrected chi connectivity index (χ3v) is 2.59. The summed E-state index contributed by atoms with van der Waals surface area (Å²) < 4.78 is 0. The molecule has 4 heteroatoms. The highest BCUT2D eigenvalue weighted by Gasteiger charge is 2.39. The Morgan fingerprint density at radius 3 is 2.83 bits per heavy atom. The number of nitrogens with zero attached hydrogens (tertiary/aromatic N) is 1. The van der Waals surface area contributed by atoms with Gasteiger partial charge in [0.25, 0.3) is 0 Å². The van der Waals surface area contributed by atoms with Crippen LogP contribution in [0.5, 0.6) is 0 Å². The van der Waals surface area contributed by atoms with Crippen molar-refractivity contribution in [3.8, 4) is 0 Å². The highest BCUT2D eigenvalue weighted by Crippen LogP contribution is 2.32. The third kappa shape index (κ3) is 1.32. The number of aliphatic hydroxyl groups is 1. The Balaban J connectivity index is 1.97. The molecule has 2 aliphatic rings. The standard InChI is InChI=1S/C8H14N2O2/c11-6-7-5-8(12-10-7)1-3-9-4-2-8/h9,11H,1-6H2. The fourth-order valence-electron chi connectivity index (χ4n) is 1.83. The molecule has 0 aromatic carbocycles. The molecule has 2 rings (SSSR count). The number of oxime groups is 1. The van der Waals surface area contributed by atoms with Gasteiger partial charge in [0.05, 0.1) is 12.3 Å². The molecule has 1 spiro atoms. The summed E-state index contributed by atoms with van der Waals surface area (Å²) in [6.07, 6.45) is 2.81. The van der Waals surface area contributed by atoms with Crippen molar-refractivity contribution in [2.45, 2.75) is 24.9 Å². The molecule has 12 heavy (non-hydrogen) atoms. The lowest BCUT2D eigenvalue weighted by Crippen LogP contribution is -2.42. The predicted molar refractivity (Wildman–Crippen MR) is 45.1 cm³/mol. The Labute approximate surface area is 71.6 Å². The summed E-state index contributed by atoms with van der Waals surface area (Å²) in [6, 6.07) is 0. The molecule has 4 nitrogen and oxygen atoms in total. The molecule has 0 amide bonds. The lowest BCUT2D eigenvalue weighted by Gasteiger charge is -2.30. The SMILES string of the molecule is OCC1=NOC2(CCNCC2)C1. The molecule has 68 valence electrons. The van der Waals surface area contributed by atoms with Gasteiger partial charge in [-0.15, -0.1) is 0 Å². The van der Waals surface area contributed by atoms with E-state index in [1.807, 2.05) is 0 Å². The summed E-state index contributed by atoms with van der Waals surface area (Å²) in [5, 5.41) is 16.0. The minimum Gasteiger partial charge on any atom is -0.390 e. The number of aliphatic hydroxyl groups excluding tert-OH is 1. The minimum absolute atomic E-state index is 0.0369. The number of nitrogens with one attached hydrogen (secondary N) is 1. The molecular weight excluding hydrogens is 156 g/mol. The van der Waals surface area contributed by atoms with Gasteiger partial charge in [0.2, 0.25) is 0 Å². The Hall–Kier alpha value is -0.610. The first-order valence-electron chi connectivity index (χ1n) is 4.40. The largest absolute Gasteiger partial charge is 0.390 e. The Bertz CT molecular complexity index is 197. The maximum Gasteiger partial charge on any atom is 0.145 e. The van der Waals surface area contributed by atoms with E-state index in [2.05, 4.69) is 10.5 Å². The first-order chi connectivity index (χ1) is 5.85. The summed E-state index contributed by atoms with van der Waals surface area (Å²) in [4.78, 5) is 5.37. The molecule has 0 aliphatic carbocycles. The van der Waals surface area contributed by atoms with Gasteiger partial charge in [0, 0.05) is 19.3 Å². The fourth-order valence-corrected chi connectivity index (χ4v) is 1.83. The number of piperidine rings is 1. The Morgan fingerprint density at radius 1 is 1.50 bits per heavy atom. The highest BCUT2D eigenvalue weighted by atomic mass is 16.7. The van der Waals surface area contributed by atoms with Crippen LogP contribution >= 0.6 is 0 Å². The molecule has 0 aromatic rings. The van der Waals surface area contributed by atoms with Gasteiger partial charge in [0.1, 0.15) is 5.60 Å². The van der Waals surface area contributed by atoms with Gasteiger partial charge in [-0.05, 0) is 13.1 Å². The van der Waals surface area contributed by atoms with Crippen molar-refractivity contribution >= 4 is 5.71 Å². The lowest BCUT2D eigenvalue weighted by molar-refractivity contribution is -0.0400. The zero-order valence-corrected chi connectivity index (χ0v) is 7.05. The van der Waals surface area contributed by atoms with Crippen molar-refractivity contribution in [2.75, 3.05) is 19.7 Å². The lowest BCUT2D eigenvalue weighted by atomic mass is 9.88. The summed E-state index contributed by atoms with van der Waals surface area (Å²) in [5.74, 6) is 0. The second-order valence-corrected chi connectivity index (χ2v) is 3.52. The molecule has 2 heterocycles. The van der Waals surface area contributed by atoms with Crippen LogP contribution in [0.4, 0.5) is 0 Å². The molecule has 0 aromatic heterocycles. The van der Waals surface area contributed by atoms with Gasteiger partial charge in [-0.1, -0.05) is 5.16 Å². The quantitative estimate of drug-likeness (QED) is 0.576. The monoisotopic (exact) mass is 170 g/mol.